The molecule has 0 N–H and O–H groups in total. The van der Waals surface area contributed by atoms with Crippen molar-refractivity contribution in [3.05, 3.63) is 231 Å². The molecule has 0 aliphatic carbocycles. The van der Waals surface area contributed by atoms with Crippen LogP contribution in [0.2, 0.25) is 0 Å². The van der Waals surface area contributed by atoms with Crippen LogP contribution in [0.5, 0.6) is 0 Å². The van der Waals surface area contributed by atoms with Gasteiger partial charge in [0.2, 0.25) is 0 Å². The lowest BCUT2D eigenvalue weighted by molar-refractivity contribution is 0.670. The first-order valence-electron chi connectivity index (χ1n) is 21.7. The van der Waals surface area contributed by atoms with E-state index in [4.69, 9.17) is 4.42 Å². The SMILES string of the molecule is c1ccc(-n2c3ccccc3c3cc(-c4cccc(N(c5ccc(-c6cccc7c6oc6ccccc67)cc5)c5cccc(-c6cccc7c6sc6ccccc67)c5)c4)ccc32)cc1. The zero-order valence-electron chi connectivity index (χ0n) is 34.7. The first-order valence-corrected chi connectivity index (χ1v) is 22.6. The van der Waals surface area contributed by atoms with Gasteiger partial charge in [0.25, 0.3) is 0 Å². The van der Waals surface area contributed by atoms with Crippen LogP contribution in [0, 0.1) is 0 Å². The van der Waals surface area contributed by atoms with Gasteiger partial charge in [-0.1, -0.05) is 152 Å². The van der Waals surface area contributed by atoms with E-state index >= 15 is 0 Å². The first-order chi connectivity index (χ1) is 31.7. The zero-order valence-corrected chi connectivity index (χ0v) is 35.5. The van der Waals surface area contributed by atoms with E-state index in [-0.39, 0.29) is 0 Å². The molecule has 3 aromatic heterocycles. The molecule has 0 radical (unpaired) electrons. The molecule has 3 nitrogen and oxygen atoms in total. The molecule has 4 heteroatoms. The summed E-state index contributed by atoms with van der Waals surface area (Å²) < 4.78 is 11.5. The highest BCUT2D eigenvalue weighted by atomic mass is 32.1. The van der Waals surface area contributed by atoms with Gasteiger partial charge in [-0.05, 0) is 107 Å². The lowest BCUT2D eigenvalue weighted by Crippen LogP contribution is -2.10. The molecule has 0 amide bonds. The smallest absolute Gasteiger partial charge is 0.143 e. The molecule has 0 aliphatic rings. The topological polar surface area (TPSA) is 21.3 Å². The largest absolute Gasteiger partial charge is 0.455 e. The molecule has 13 aromatic rings. The summed E-state index contributed by atoms with van der Waals surface area (Å²) in [5.74, 6) is 0. The van der Waals surface area contributed by atoms with E-state index in [2.05, 4.69) is 228 Å². The highest BCUT2D eigenvalue weighted by molar-refractivity contribution is 7.26. The lowest BCUT2D eigenvalue weighted by Gasteiger charge is -2.27. The Kier molecular flexibility index (Phi) is 8.40. The highest BCUT2D eigenvalue weighted by Crippen LogP contribution is 2.44. The van der Waals surface area contributed by atoms with Crippen LogP contribution in [-0.2, 0) is 0 Å². The van der Waals surface area contributed by atoms with E-state index < -0.39 is 0 Å². The molecule has 10 aromatic carbocycles. The third kappa shape index (κ3) is 5.88. The number of para-hydroxylation sites is 4. The Bertz CT molecular complexity index is 3910. The van der Waals surface area contributed by atoms with Crippen LogP contribution in [0.1, 0.15) is 0 Å². The molecule has 0 saturated carbocycles. The third-order valence-electron chi connectivity index (χ3n) is 12.8. The number of aromatic nitrogens is 1. The van der Waals surface area contributed by atoms with Crippen LogP contribution in [0.15, 0.2) is 235 Å². The van der Waals surface area contributed by atoms with E-state index in [1.807, 2.05) is 23.5 Å². The summed E-state index contributed by atoms with van der Waals surface area (Å²) in [5.41, 5.74) is 15.5. The molecule has 0 fully saturated rings. The van der Waals surface area contributed by atoms with Crippen LogP contribution < -0.4 is 4.90 Å². The molecule has 0 unspecified atom stereocenters. The Morgan fingerprint density at radius 2 is 0.969 bits per heavy atom. The summed E-state index contributed by atoms with van der Waals surface area (Å²) in [5, 5.41) is 7.34. The summed E-state index contributed by atoms with van der Waals surface area (Å²) in [6.07, 6.45) is 0. The quantitative estimate of drug-likeness (QED) is 0.159. The molecule has 0 saturated heterocycles. The minimum Gasteiger partial charge on any atom is -0.455 e. The monoisotopic (exact) mass is 834 g/mol. The van der Waals surface area contributed by atoms with Gasteiger partial charge < -0.3 is 13.9 Å². The predicted octanol–water partition coefficient (Wildman–Crippen LogP) is 17.5. The van der Waals surface area contributed by atoms with E-state index in [9.17, 15) is 0 Å². The second-order valence-electron chi connectivity index (χ2n) is 16.5. The van der Waals surface area contributed by atoms with E-state index in [1.165, 1.54) is 58.7 Å². The lowest BCUT2D eigenvalue weighted by atomic mass is 9.99. The number of hydrogen-bond acceptors (Lipinski definition) is 3. The standard InChI is InChI=1S/C60H38N2OS/c1-2-16-43(17-3-1)62-55-27-7-4-20-49(55)54-38-41(32-35-56(54)62)40-14-10-18-45(36-40)61(44-33-30-39(31-34-44)47-23-12-25-52-50-21-5-8-28-57(50)63-59(47)52)46-19-11-15-42(37-46)48-24-13-26-53-51-22-6-9-29-58(51)64-60(48)53/h1-38H. The normalized spacial score (nSPS) is 11.8. The maximum absolute atomic E-state index is 6.48. The Balaban J connectivity index is 0.957. The van der Waals surface area contributed by atoms with Gasteiger partial charge >= 0.3 is 0 Å². The van der Waals surface area contributed by atoms with Gasteiger partial charge in [-0.3, -0.25) is 0 Å². The maximum atomic E-state index is 6.48. The van der Waals surface area contributed by atoms with Crippen molar-refractivity contribution in [2.45, 2.75) is 0 Å². The van der Waals surface area contributed by atoms with Crippen molar-refractivity contribution in [3.8, 4) is 39.1 Å². The van der Waals surface area contributed by atoms with Crippen molar-refractivity contribution in [2.24, 2.45) is 0 Å². The number of fused-ring (bicyclic) bond motifs is 9. The van der Waals surface area contributed by atoms with Crippen molar-refractivity contribution in [3.63, 3.8) is 0 Å². The summed E-state index contributed by atoms with van der Waals surface area (Å²) in [6.45, 7) is 0. The maximum Gasteiger partial charge on any atom is 0.143 e. The number of anilines is 3. The summed E-state index contributed by atoms with van der Waals surface area (Å²) in [7, 11) is 0. The van der Waals surface area contributed by atoms with Crippen LogP contribution in [0.4, 0.5) is 17.1 Å². The van der Waals surface area contributed by atoms with Crippen molar-refractivity contribution in [1.82, 2.24) is 4.57 Å². The van der Waals surface area contributed by atoms with Gasteiger partial charge in [0, 0.05) is 70.0 Å². The number of furan rings is 1. The average molecular weight is 835 g/mol. The Morgan fingerprint density at radius 1 is 0.359 bits per heavy atom. The van der Waals surface area contributed by atoms with E-state index in [0.717, 1.165) is 61.4 Å². The molecule has 13 rings (SSSR count). The fourth-order valence-corrected chi connectivity index (χ4v) is 11.1. The fourth-order valence-electron chi connectivity index (χ4n) is 9.83. The molecule has 300 valence electrons. The number of benzene rings is 10. The van der Waals surface area contributed by atoms with E-state index in [0.29, 0.717) is 0 Å². The van der Waals surface area contributed by atoms with Gasteiger partial charge in [0.15, 0.2) is 0 Å². The predicted molar refractivity (Wildman–Crippen MR) is 272 cm³/mol. The Morgan fingerprint density at radius 3 is 1.81 bits per heavy atom. The van der Waals surface area contributed by atoms with Gasteiger partial charge in [-0.25, -0.2) is 0 Å². The van der Waals surface area contributed by atoms with Crippen LogP contribution in [0.3, 0.4) is 0 Å². The van der Waals surface area contributed by atoms with Crippen LogP contribution >= 0.6 is 11.3 Å². The number of thiophene rings is 1. The Hall–Kier alpha value is -8.18. The number of rotatable bonds is 7. The van der Waals surface area contributed by atoms with Crippen molar-refractivity contribution in [2.75, 3.05) is 4.90 Å². The minimum atomic E-state index is 0.903. The van der Waals surface area contributed by atoms with Gasteiger partial charge in [0.1, 0.15) is 11.2 Å². The first kappa shape index (κ1) is 36.5. The van der Waals surface area contributed by atoms with Gasteiger partial charge in [-0.2, -0.15) is 0 Å². The van der Waals surface area contributed by atoms with Gasteiger partial charge in [-0.15, -0.1) is 11.3 Å². The molecule has 0 bridgehead atoms. The summed E-state index contributed by atoms with van der Waals surface area (Å²) in [4.78, 5) is 2.39. The Labute approximate surface area is 373 Å². The molecular formula is C60H38N2OS. The van der Waals surface area contributed by atoms with Crippen molar-refractivity contribution >= 4 is 92.3 Å². The second-order valence-corrected chi connectivity index (χ2v) is 17.5. The summed E-state index contributed by atoms with van der Waals surface area (Å²) in [6, 6.07) is 83.4. The van der Waals surface area contributed by atoms with Crippen LogP contribution in [0.25, 0.3) is 103 Å². The zero-order chi connectivity index (χ0) is 42.1. The minimum absolute atomic E-state index is 0.903. The average Bonchev–Trinajstić information content (AvgIpc) is 4.04. The molecule has 64 heavy (non-hydrogen) atoms. The van der Waals surface area contributed by atoms with Crippen LogP contribution in [-0.4, -0.2) is 4.57 Å². The fraction of sp³-hybridized carbons (Fsp3) is 0. The van der Waals surface area contributed by atoms with Crippen molar-refractivity contribution < 1.29 is 4.42 Å². The molecule has 0 atom stereocenters. The van der Waals surface area contributed by atoms with E-state index in [1.54, 1.807) is 0 Å². The summed E-state index contributed by atoms with van der Waals surface area (Å²) >= 11 is 1.87. The molecule has 0 spiro atoms. The highest BCUT2D eigenvalue weighted by Gasteiger charge is 2.19. The third-order valence-corrected chi connectivity index (χ3v) is 14.0. The molecule has 3 heterocycles. The number of nitrogens with zero attached hydrogens (tertiary/aromatic N) is 2. The second kappa shape index (κ2) is 14.7. The molecule has 0 aliphatic heterocycles. The van der Waals surface area contributed by atoms with Gasteiger partial charge in [0.05, 0.1) is 11.0 Å². The molecular weight excluding hydrogens is 797 g/mol. The van der Waals surface area contributed by atoms with Crippen molar-refractivity contribution in [1.29, 1.82) is 0 Å². The number of hydrogen-bond donors (Lipinski definition) is 0.